The van der Waals surface area contributed by atoms with E-state index in [0.29, 0.717) is 0 Å². The van der Waals surface area contributed by atoms with Crippen molar-refractivity contribution in [2.24, 2.45) is 0 Å². The Morgan fingerprint density at radius 1 is 1.14 bits per heavy atom. The molecule has 1 atom stereocenters. The summed E-state index contributed by atoms with van der Waals surface area (Å²) < 4.78 is 10.4. The van der Waals surface area contributed by atoms with E-state index in [1.807, 2.05) is 0 Å². The molecule has 1 N–H and O–H groups in total. The number of ether oxygens (including phenoxy) is 2. The van der Waals surface area contributed by atoms with Crippen LogP contribution in [-0.4, -0.2) is 29.3 Å². The third-order valence-corrected chi connectivity index (χ3v) is 2.27. The molecule has 0 radical (unpaired) electrons. The summed E-state index contributed by atoms with van der Waals surface area (Å²) in [5, 5.41) is 2.65. The molecule has 5 nitrogen and oxygen atoms in total. The number of nitrogens with one attached hydrogen (secondary N) is 1. The van der Waals surface area contributed by atoms with Crippen LogP contribution in [0.15, 0.2) is 12.2 Å². The molecule has 0 spiro atoms. The smallest absolute Gasteiger partial charge is 0.407 e. The number of alkyl carbamates (subject to hydrolysis) is 1. The van der Waals surface area contributed by atoms with Gasteiger partial charge in [0.25, 0.3) is 0 Å². The molecule has 0 rings (SSSR count). The van der Waals surface area contributed by atoms with Gasteiger partial charge >= 0.3 is 12.1 Å². The molecule has 0 aliphatic carbocycles. The summed E-state index contributed by atoms with van der Waals surface area (Å²) in [4.78, 5) is 23.7. The number of carbonyl (C=O) groups excluding carboxylic acids is 2. The average Bonchev–Trinajstić information content (AvgIpc) is 2.23. The molecule has 124 valence electrons. The molecule has 0 fully saturated rings. The number of hydrogen-bond acceptors (Lipinski definition) is 4. The van der Waals surface area contributed by atoms with Gasteiger partial charge in [0.15, 0.2) is 0 Å². The number of hydrogen-bond donors (Lipinski definition) is 1. The Labute approximate surface area is 133 Å². The van der Waals surface area contributed by atoms with E-state index in [1.165, 1.54) is 0 Å². The van der Waals surface area contributed by atoms with E-state index in [0.717, 1.165) is 0 Å². The maximum Gasteiger partial charge on any atom is 0.407 e. The summed E-state index contributed by atoms with van der Waals surface area (Å²) in [5.41, 5.74) is -0.945. The minimum Gasteiger partial charge on any atom is -0.457 e. The Hall–Kier alpha value is -1.96. The van der Waals surface area contributed by atoms with Crippen LogP contribution in [0.4, 0.5) is 4.79 Å². The van der Waals surface area contributed by atoms with E-state index >= 15 is 0 Å². The van der Waals surface area contributed by atoms with Crippen LogP contribution in [0.5, 0.6) is 0 Å². The summed E-state index contributed by atoms with van der Waals surface area (Å²) in [6, 6.07) is -0.431. The monoisotopic (exact) mass is 309 g/mol. The number of rotatable bonds is 5. The minimum absolute atomic E-state index is 0.207. The molecule has 1 amide bonds. The Bertz CT molecular complexity index is 461. The van der Waals surface area contributed by atoms with E-state index in [-0.39, 0.29) is 18.4 Å². The number of terminal acetylenes is 1. The highest BCUT2D eigenvalue weighted by Crippen LogP contribution is 2.15. The lowest BCUT2D eigenvalue weighted by Gasteiger charge is -2.24. The second-order valence-corrected chi connectivity index (χ2v) is 7.06. The third-order valence-electron chi connectivity index (χ3n) is 2.27. The fourth-order valence-corrected chi connectivity index (χ4v) is 1.52. The van der Waals surface area contributed by atoms with Crippen molar-refractivity contribution >= 4 is 12.1 Å². The van der Waals surface area contributed by atoms with Crippen LogP contribution in [0, 0.1) is 12.3 Å². The van der Waals surface area contributed by atoms with Gasteiger partial charge in [0.1, 0.15) is 11.2 Å². The SMILES string of the molecule is C#CC[C@@H](CC(=C)C(=O)OC(C)(C)C)NC(=O)OC(C)(C)C. The van der Waals surface area contributed by atoms with Crippen LogP contribution in [-0.2, 0) is 14.3 Å². The molecule has 0 aromatic heterocycles. The van der Waals surface area contributed by atoms with Crippen molar-refractivity contribution in [3.8, 4) is 12.3 Å². The van der Waals surface area contributed by atoms with Crippen molar-refractivity contribution in [3.63, 3.8) is 0 Å². The summed E-state index contributed by atoms with van der Waals surface area (Å²) in [5.74, 6) is 1.97. The number of carbonyl (C=O) groups is 2. The maximum absolute atomic E-state index is 11.9. The molecular weight excluding hydrogens is 282 g/mol. The van der Waals surface area contributed by atoms with Gasteiger partial charge in [-0.2, -0.15) is 0 Å². The lowest BCUT2D eigenvalue weighted by atomic mass is 10.0. The molecule has 0 bridgehead atoms. The standard InChI is InChI=1S/C17H27NO4/c1-9-10-13(18-15(20)22-17(6,7)8)11-12(2)14(19)21-16(3,4)5/h1,13H,2,10-11H2,3-8H3,(H,18,20)/t13-/m0/s1. The Balaban J connectivity index is 4.65. The molecular formula is C17H27NO4. The summed E-state index contributed by atoms with van der Waals surface area (Å²) >= 11 is 0. The second-order valence-electron chi connectivity index (χ2n) is 7.06. The predicted octanol–water partition coefficient (Wildman–Crippen LogP) is 3.19. The van der Waals surface area contributed by atoms with Gasteiger partial charge in [0.2, 0.25) is 0 Å². The summed E-state index contributed by atoms with van der Waals surface area (Å²) in [7, 11) is 0. The van der Waals surface area contributed by atoms with Crippen LogP contribution in [0.3, 0.4) is 0 Å². The molecule has 22 heavy (non-hydrogen) atoms. The number of amides is 1. The first-order valence-corrected chi connectivity index (χ1v) is 7.18. The predicted molar refractivity (Wildman–Crippen MR) is 86.2 cm³/mol. The van der Waals surface area contributed by atoms with Gasteiger partial charge in [-0.15, -0.1) is 12.3 Å². The van der Waals surface area contributed by atoms with E-state index in [1.54, 1.807) is 41.5 Å². The van der Waals surface area contributed by atoms with Gasteiger partial charge in [0, 0.05) is 24.5 Å². The van der Waals surface area contributed by atoms with E-state index in [4.69, 9.17) is 15.9 Å². The van der Waals surface area contributed by atoms with Gasteiger partial charge in [-0.05, 0) is 41.5 Å². The summed E-state index contributed by atoms with van der Waals surface area (Å²) in [6.07, 6.45) is 5.19. The second kappa shape index (κ2) is 7.88. The molecule has 0 saturated carbocycles. The molecule has 0 aromatic carbocycles. The molecule has 0 heterocycles. The Kier molecular flexibility index (Phi) is 7.18. The van der Waals surface area contributed by atoms with E-state index < -0.39 is 29.3 Å². The summed E-state index contributed by atoms with van der Waals surface area (Å²) in [6.45, 7) is 14.3. The molecule has 0 unspecified atom stereocenters. The molecule has 0 aromatic rings. The Morgan fingerprint density at radius 3 is 2.05 bits per heavy atom. The largest absolute Gasteiger partial charge is 0.457 e. The van der Waals surface area contributed by atoms with Crippen LogP contribution < -0.4 is 5.32 Å². The zero-order valence-electron chi connectivity index (χ0n) is 14.4. The number of esters is 1. The molecule has 0 aliphatic heterocycles. The highest BCUT2D eigenvalue weighted by Gasteiger charge is 2.23. The van der Waals surface area contributed by atoms with Crippen molar-refractivity contribution in [2.45, 2.75) is 71.6 Å². The quantitative estimate of drug-likeness (QED) is 0.481. The molecule has 0 saturated heterocycles. The first-order valence-electron chi connectivity index (χ1n) is 7.18. The fourth-order valence-electron chi connectivity index (χ4n) is 1.52. The van der Waals surface area contributed by atoms with Crippen LogP contribution >= 0.6 is 0 Å². The Morgan fingerprint density at radius 2 is 1.64 bits per heavy atom. The average molecular weight is 309 g/mol. The van der Waals surface area contributed by atoms with Gasteiger partial charge in [-0.1, -0.05) is 6.58 Å². The van der Waals surface area contributed by atoms with Gasteiger partial charge in [-0.25, -0.2) is 9.59 Å². The van der Waals surface area contributed by atoms with Gasteiger partial charge in [-0.3, -0.25) is 0 Å². The molecule has 5 heteroatoms. The highest BCUT2D eigenvalue weighted by atomic mass is 16.6. The maximum atomic E-state index is 11.9. The zero-order chi connectivity index (χ0) is 17.6. The zero-order valence-corrected chi connectivity index (χ0v) is 14.4. The van der Waals surface area contributed by atoms with Crippen molar-refractivity contribution in [2.75, 3.05) is 0 Å². The third kappa shape index (κ3) is 9.87. The first-order chi connectivity index (χ1) is 9.84. The minimum atomic E-state index is -0.604. The van der Waals surface area contributed by atoms with Gasteiger partial charge < -0.3 is 14.8 Å². The van der Waals surface area contributed by atoms with Crippen LogP contribution in [0.2, 0.25) is 0 Å². The molecule has 0 aliphatic rings. The fraction of sp³-hybridized carbons (Fsp3) is 0.647. The lowest BCUT2D eigenvalue weighted by molar-refractivity contribution is -0.150. The van der Waals surface area contributed by atoms with Crippen LogP contribution in [0.25, 0.3) is 0 Å². The lowest BCUT2D eigenvalue weighted by Crippen LogP contribution is -2.39. The normalized spacial score (nSPS) is 12.8. The van der Waals surface area contributed by atoms with Gasteiger partial charge in [0.05, 0.1) is 0 Å². The van der Waals surface area contributed by atoms with Crippen molar-refractivity contribution in [3.05, 3.63) is 12.2 Å². The van der Waals surface area contributed by atoms with E-state index in [9.17, 15) is 9.59 Å². The van der Waals surface area contributed by atoms with Crippen molar-refractivity contribution < 1.29 is 19.1 Å². The van der Waals surface area contributed by atoms with Crippen LogP contribution in [0.1, 0.15) is 54.4 Å². The topological polar surface area (TPSA) is 64.6 Å². The van der Waals surface area contributed by atoms with Crippen molar-refractivity contribution in [1.29, 1.82) is 0 Å². The first kappa shape index (κ1) is 20.0. The highest BCUT2D eigenvalue weighted by molar-refractivity contribution is 5.88. The van der Waals surface area contributed by atoms with Crippen molar-refractivity contribution in [1.82, 2.24) is 5.32 Å². The van der Waals surface area contributed by atoms with E-state index in [2.05, 4.69) is 17.8 Å².